The van der Waals surface area contributed by atoms with Crippen LogP contribution in [0.1, 0.15) is 6.92 Å². The lowest BCUT2D eigenvalue weighted by Crippen LogP contribution is -2.01. The van der Waals surface area contributed by atoms with E-state index in [1.54, 1.807) is 24.3 Å². The topological polar surface area (TPSA) is 96.3 Å². The van der Waals surface area contributed by atoms with Crippen LogP contribution >= 0.6 is 0 Å². The minimum atomic E-state index is -0.382. The normalized spacial score (nSPS) is 10.6. The molecule has 0 aliphatic heterocycles. The largest absolute Gasteiger partial charge is 0.495 e. The Morgan fingerprint density at radius 2 is 1.77 bits per heavy atom. The monoisotopic (exact) mass is 354 g/mol. The van der Waals surface area contributed by atoms with Gasteiger partial charge in [-0.05, 0) is 37.3 Å². The molecule has 0 amide bonds. The van der Waals surface area contributed by atoms with Crippen molar-refractivity contribution in [3.8, 4) is 34.0 Å². The van der Waals surface area contributed by atoms with Gasteiger partial charge in [0.2, 0.25) is 0 Å². The lowest BCUT2D eigenvalue weighted by molar-refractivity contribution is 0.339. The van der Waals surface area contributed by atoms with Gasteiger partial charge < -0.3 is 20.9 Å². The summed E-state index contributed by atoms with van der Waals surface area (Å²) in [7, 11) is 1.53. The standard InChI is InChI=1S/C19H19FN4O2/c1-3-26-17-8-11(20)4-5-12(17)14-9-15(24-10-23-14)18-13(21)6-7-16(25-2)19(18)22/h4-10H,3,21-22H2,1-2H3. The molecule has 6 nitrogen and oxygen atoms in total. The number of anilines is 2. The summed E-state index contributed by atoms with van der Waals surface area (Å²) >= 11 is 0. The van der Waals surface area contributed by atoms with Gasteiger partial charge in [-0.1, -0.05) is 0 Å². The highest BCUT2D eigenvalue weighted by Gasteiger charge is 2.16. The van der Waals surface area contributed by atoms with Crippen molar-refractivity contribution in [1.29, 1.82) is 0 Å². The molecule has 0 saturated carbocycles. The molecule has 3 aromatic rings. The Hall–Kier alpha value is -3.35. The Kier molecular flexibility index (Phi) is 4.88. The second-order valence-corrected chi connectivity index (χ2v) is 5.51. The maximum absolute atomic E-state index is 13.6. The van der Waals surface area contributed by atoms with Gasteiger partial charge in [-0.3, -0.25) is 0 Å². The van der Waals surface area contributed by atoms with Crippen LogP contribution in [0.15, 0.2) is 42.7 Å². The van der Waals surface area contributed by atoms with Crippen molar-refractivity contribution in [2.24, 2.45) is 0 Å². The molecule has 7 heteroatoms. The van der Waals surface area contributed by atoms with Gasteiger partial charge in [0.1, 0.15) is 23.6 Å². The number of rotatable bonds is 5. The molecule has 0 saturated heterocycles. The summed E-state index contributed by atoms with van der Waals surface area (Å²) in [5.41, 5.74) is 15.4. The number of aromatic nitrogens is 2. The van der Waals surface area contributed by atoms with E-state index in [2.05, 4.69) is 9.97 Å². The first kappa shape index (κ1) is 17.5. The number of nitrogens with two attached hydrogens (primary N) is 2. The van der Waals surface area contributed by atoms with E-state index in [1.165, 1.54) is 25.6 Å². The fourth-order valence-corrected chi connectivity index (χ4v) is 2.71. The van der Waals surface area contributed by atoms with E-state index in [0.717, 1.165) is 0 Å². The van der Waals surface area contributed by atoms with E-state index in [9.17, 15) is 4.39 Å². The Balaban J connectivity index is 2.14. The van der Waals surface area contributed by atoms with Crippen LogP contribution in [0.3, 0.4) is 0 Å². The molecule has 0 aliphatic carbocycles. The zero-order chi connectivity index (χ0) is 18.7. The van der Waals surface area contributed by atoms with E-state index < -0.39 is 0 Å². The summed E-state index contributed by atoms with van der Waals surface area (Å²) in [6.07, 6.45) is 1.40. The molecule has 0 unspecified atom stereocenters. The molecule has 134 valence electrons. The van der Waals surface area contributed by atoms with Crippen LogP contribution < -0.4 is 20.9 Å². The molecule has 0 bridgehead atoms. The average Bonchev–Trinajstić information content (AvgIpc) is 2.63. The second kappa shape index (κ2) is 7.26. The molecule has 4 N–H and O–H groups in total. The van der Waals surface area contributed by atoms with Crippen LogP contribution in [0.2, 0.25) is 0 Å². The number of nitrogens with zero attached hydrogens (tertiary/aromatic N) is 2. The van der Waals surface area contributed by atoms with Crippen LogP contribution in [-0.4, -0.2) is 23.7 Å². The zero-order valence-electron chi connectivity index (χ0n) is 14.5. The first-order valence-electron chi connectivity index (χ1n) is 8.02. The van der Waals surface area contributed by atoms with Gasteiger partial charge in [0.15, 0.2) is 0 Å². The summed E-state index contributed by atoms with van der Waals surface area (Å²) in [5.74, 6) is 0.530. The lowest BCUT2D eigenvalue weighted by Gasteiger charge is -2.14. The van der Waals surface area contributed by atoms with Crippen molar-refractivity contribution in [2.45, 2.75) is 6.92 Å². The molecule has 0 fully saturated rings. The van der Waals surface area contributed by atoms with E-state index in [-0.39, 0.29) is 5.82 Å². The Morgan fingerprint density at radius 3 is 2.50 bits per heavy atom. The minimum absolute atomic E-state index is 0.382. The number of methoxy groups -OCH3 is 1. The molecule has 2 aromatic carbocycles. The van der Waals surface area contributed by atoms with Crippen molar-refractivity contribution in [2.75, 3.05) is 25.2 Å². The van der Waals surface area contributed by atoms with Gasteiger partial charge in [-0.25, -0.2) is 14.4 Å². The number of benzene rings is 2. The SMILES string of the molecule is CCOc1cc(F)ccc1-c1cc(-c2c(N)ccc(OC)c2N)ncn1. The van der Waals surface area contributed by atoms with Gasteiger partial charge >= 0.3 is 0 Å². The first-order chi connectivity index (χ1) is 12.5. The van der Waals surface area contributed by atoms with Crippen LogP contribution in [0.25, 0.3) is 22.5 Å². The van der Waals surface area contributed by atoms with E-state index in [0.29, 0.717) is 52.0 Å². The van der Waals surface area contributed by atoms with Crippen molar-refractivity contribution < 1.29 is 13.9 Å². The highest BCUT2D eigenvalue weighted by atomic mass is 19.1. The molecule has 0 radical (unpaired) electrons. The summed E-state index contributed by atoms with van der Waals surface area (Å²) in [5, 5.41) is 0. The van der Waals surface area contributed by atoms with Crippen molar-refractivity contribution in [3.05, 3.63) is 48.5 Å². The van der Waals surface area contributed by atoms with Crippen molar-refractivity contribution in [1.82, 2.24) is 9.97 Å². The average molecular weight is 354 g/mol. The van der Waals surface area contributed by atoms with Crippen LogP contribution in [0.4, 0.5) is 15.8 Å². The van der Waals surface area contributed by atoms with Crippen molar-refractivity contribution >= 4 is 11.4 Å². The minimum Gasteiger partial charge on any atom is -0.495 e. The fourth-order valence-electron chi connectivity index (χ4n) is 2.71. The van der Waals surface area contributed by atoms with E-state index in [1.807, 2.05) is 6.92 Å². The number of hydrogen-bond donors (Lipinski definition) is 2. The number of halogens is 1. The van der Waals surface area contributed by atoms with Gasteiger partial charge in [0, 0.05) is 17.3 Å². The molecular formula is C19H19FN4O2. The van der Waals surface area contributed by atoms with Crippen LogP contribution in [0, 0.1) is 5.82 Å². The quantitative estimate of drug-likeness (QED) is 0.681. The number of hydrogen-bond acceptors (Lipinski definition) is 6. The summed E-state index contributed by atoms with van der Waals surface area (Å²) in [6, 6.07) is 9.43. The Bertz CT molecular complexity index is 947. The Morgan fingerprint density at radius 1 is 1.00 bits per heavy atom. The summed E-state index contributed by atoms with van der Waals surface area (Å²) < 4.78 is 24.3. The fraction of sp³-hybridized carbons (Fsp3) is 0.158. The van der Waals surface area contributed by atoms with E-state index >= 15 is 0 Å². The molecular weight excluding hydrogens is 335 g/mol. The predicted molar refractivity (Wildman–Crippen MR) is 99.4 cm³/mol. The van der Waals surface area contributed by atoms with Gasteiger partial charge in [0.25, 0.3) is 0 Å². The summed E-state index contributed by atoms with van der Waals surface area (Å²) in [6.45, 7) is 2.24. The smallest absolute Gasteiger partial charge is 0.142 e. The summed E-state index contributed by atoms with van der Waals surface area (Å²) in [4.78, 5) is 8.57. The second-order valence-electron chi connectivity index (χ2n) is 5.51. The van der Waals surface area contributed by atoms with Crippen molar-refractivity contribution in [3.63, 3.8) is 0 Å². The van der Waals surface area contributed by atoms with Gasteiger partial charge in [-0.15, -0.1) is 0 Å². The van der Waals surface area contributed by atoms with Crippen LogP contribution in [0.5, 0.6) is 11.5 Å². The lowest BCUT2D eigenvalue weighted by atomic mass is 10.0. The third kappa shape index (κ3) is 3.23. The molecule has 3 rings (SSSR count). The van der Waals surface area contributed by atoms with E-state index in [4.69, 9.17) is 20.9 Å². The Labute approximate surface area is 150 Å². The molecule has 0 spiro atoms. The molecule has 1 aromatic heterocycles. The molecule has 26 heavy (non-hydrogen) atoms. The third-order valence-electron chi connectivity index (χ3n) is 3.90. The van der Waals surface area contributed by atoms with Crippen LogP contribution in [-0.2, 0) is 0 Å². The van der Waals surface area contributed by atoms with Gasteiger partial charge in [-0.2, -0.15) is 0 Å². The molecule has 0 atom stereocenters. The third-order valence-corrected chi connectivity index (χ3v) is 3.90. The first-order valence-corrected chi connectivity index (χ1v) is 8.02. The molecule has 1 heterocycles. The maximum Gasteiger partial charge on any atom is 0.142 e. The predicted octanol–water partition coefficient (Wildman–Crippen LogP) is 3.52. The number of ether oxygens (including phenoxy) is 2. The highest BCUT2D eigenvalue weighted by molar-refractivity contribution is 5.89. The zero-order valence-corrected chi connectivity index (χ0v) is 14.5. The molecule has 0 aliphatic rings. The maximum atomic E-state index is 13.6. The van der Waals surface area contributed by atoms with Gasteiger partial charge in [0.05, 0.1) is 36.4 Å². The highest BCUT2D eigenvalue weighted by Crippen LogP contribution is 2.38. The number of nitrogen functional groups attached to an aromatic ring is 2.